The minimum absolute atomic E-state index is 0.104. The number of hydrogen-bond acceptors (Lipinski definition) is 4. The molecule has 0 saturated heterocycles. The summed E-state index contributed by atoms with van der Waals surface area (Å²) >= 11 is 6.18. The lowest BCUT2D eigenvalue weighted by Gasteiger charge is -2.57. The maximum atomic E-state index is 13.8. The summed E-state index contributed by atoms with van der Waals surface area (Å²) in [7, 11) is -3.78. The molecule has 2 aromatic carbocycles. The van der Waals surface area contributed by atoms with Crippen molar-refractivity contribution in [1.29, 1.82) is 0 Å². The monoisotopic (exact) mass is 599 g/mol. The second-order valence-corrected chi connectivity index (χ2v) is 15.3. The average Bonchev–Trinajstić information content (AvgIpc) is 2.88. The molecule has 0 spiro atoms. The van der Waals surface area contributed by atoms with Gasteiger partial charge >= 0.3 is 0 Å². The Hall–Kier alpha value is -2.58. The van der Waals surface area contributed by atoms with E-state index in [2.05, 4.69) is 17.4 Å². The summed E-state index contributed by atoms with van der Waals surface area (Å²) in [5.41, 5.74) is 2.70. The Morgan fingerprint density at radius 1 is 0.976 bits per heavy atom. The van der Waals surface area contributed by atoms with Gasteiger partial charge in [-0.05, 0) is 118 Å². The van der Waals surface area contributed by atoms with Gasteiger partial charge in [0.05, 0.1) is 11.9 Å². The molecule has 1 N–H and O–H groups in total. The number of halogens is 1. The number of anilines is 1. The van der Waals surface area contributed by atoms with Crippen molar-refractivity contribution in [1.82, 2.24) is 10.2 Å². The number of nitrogens with one attached hydrogen (secondary N) is 1. The van der Waals surface area contributed by atoms with E-state index in [0.29, 0.717) is 10.7 Å². The van der Waals surface area contributed by atoms with Gasteiger partial charge in [0.25, 0.3) is 0 Å². The Labute approximate surface area is 249 Å². The molecular formula is C32H42ClN3O4S. The molecule has 0 radical (unpaired) electrons. The first kappa shape index (κ1) is 29.9. The van der Waals surface area contributed by atoms with E-state index in [-0.39, 0.29) is 23.9 Å². The molecule has 4 saturated carbocycles. The highest BCUT2D eigenvalue weighted by Gasteiger charge is 2.51. The van der Waals surface area contributed by atoms with E-state index in [4.69, 9.17) is 11.6 Å². The zero-order valence-electron chi connectivity index (χ0n) is 24.5. The van der Waals surface area contributed by atoms with E-state index in [1.165, 1.54) is 49.0 Å². The van der Waals surface area contributed by atoms with E-state index in [0.717, 1.165) is 33.9 Å². The average molecular weight is 600 g/mol. The molecule has 0 unspecified atom stereocenters. The quantitative estimate of drug-likeness (QED) is 0.390. The molecule has 7 nitrogen and oxygen atoms in total. The van der Waals surface area contributed by atoms with Crippen LogP contribution in [0.2, 0.25) is 5.02 Å². The second kappa shape index (κ2) is 11.6. The van der Waals surface area contributed by atoms with Gasteiger partial charge in [0.2, 0.25) is 21.8 Å². The van der Waals surface area contributed by atoms with Gasteiger partial charge in [-0.25, -0.2) is 8.42 Å². The molecule has 41 heavy (non-hydrogen) atoms. The number of carbonyl (C=O) groups excluding carboxylic acids is 2. The lowest BCUT2D eigenvalue weighted by molar-refractivity contribution is -0.139. The molecule has 4 aliphatic rings. The fraction of sp³-hybridized carbons (Fsp3) is 0.562. The SMILES string of the molecule is CC(C)NC(=O)[C@H](C)N(Cc1cccc(Cl)c1)C(=O)CN(c1ccc(C23CC4CC(CC(C4)C2)C3)cc1)S(C)(=O)=O. The van der Waals surface area contributed by atoms with Gasteiger partial charge in [0.1, 0.15) is 12.6 Å². The highest BCUT2D eigenvalue weighted by Crippen LogP contribution is 2.60. The molecule has 2 amide bonds. The number of benzene rings is 2. The van der Waals surface area contributed by atoms with Gasteiger partial charge in [-0.1, -0.05) is 35.9 Å². The number of hydrogen-bond donors (Lipinski definition) is 1. The van der Waals surface area contributed by atoms with Crippen LogP contribution in [0.5, 0.6) is 0 Å². The number of sulfonamides is 1. The molecule has 222 valence electrons. The maximum Gasteiger partial charge on any atom is 0.244 e. The van der Waals surface area contributed by atoms with Crippen molar-refractivity contribution in [3.8, 4) is 0 Å². The van der Waals surface area contributed by atoms with E-state index < -0.39 is 28.5 Å². The Balaban J connectivity index is 1.39. The first-order valence-corrected chi connectivity index (χ1v) is 17.0. The van der Waals surface area contributed by atoms with Crippen molar-refractivity contribution < 1.29 is 18.0 Å². The summed E-state index contributed by atoms with van der Waals surface area (Å²) in [6.07, 6.45) is 8.87. The van der Waals surface area contributed by atoms with Crippen LogP contribution in [0, 0.1) is 17.8 Å². The zero-order valence-corrected chi connectivity index (χ0v) is 26.0. The number of carbonyl (C=O) groups is 2. The van der Waals surface area contributed by atoms with E-state index in [9.17, 15) is 18.0 Å². The molecular weight excluding hydrogens is 558 g/mol. The summed E-state index contributed by atoms with van der Waals surface area (Å²) in [5, 5.41) is 3.38. The van der Waals surface area contributed by atoms with E-state index in [1.54, 1.807) is 25.1 Å². The molecule has 6 rings (SSSR count). The van der Waals surface area contributed by atoms with Gasteiger partial charge in [-0.3, -0.25) is 13.9 Å². The van der Waals surface area contributed by atoms with Crippen LogP contribution in [0.25, 0.3) is 0 Å². The number of nitrogens with zero attached hydrogens (tertiary/aromatic N) is 2. The lowest BCUT2D eigenvalue weighted by atomic mass is 9.48. The Morgan fingerprint density at radius 3 is 2.07 bits per heavy atom. The predicted octanol–water partition coefficient (Wildman–Crippen LogP) is 5.52. The maximum absolute atomic E-state index is 13.8. The zero-order chi connectivity index (χ0) is 29.5. The van der Waals surface area contributed by atoms with Crippen molar-refractivity contribution in [3.05, 3.63) is 64.7 Å². The highest BCUT2D eigenvalue weighted by atomic mass is 35.5. The largest absolute Gasteiger partial charge is 0.352 e. The van der Waals surface area contributed by atoms with Crippen LogP contribution < -0.4 is 9.62 Å². The van der Waals surface area contributed by atoms with Crippen LogP contribution in [-0.4, -0.2) is 50.0 Å². The molecule has 4 fully saturated rings. The van der Waals surface area contributed by atoms with Gasteiger partial charge in [-0.2, -0.15) is 0 Å². The molecule has 0 aromatic heterocycles. The van der Waals surface area contributed by atoms with Gasteiger partial charge in [-0.15, -0.1) is 0 Å². The molecule has 9 heteroatoms. The highest BCUT2D eigenvalue weighted by molar-refractivity contribution is 7.92. The smallest absolute Gasteiger partial charge is 0.244 e. The minimum Gasteiger partial charge on any atom is -0.352 e. The fourth-order valence-electron chi connectivity index (χ4n) is 7.88. The Morgan fingerprint density at radius 2 is 1.56 bits per heavy atom. The lowest BCUT2D eigenvalue weighted by Crippen LogP contribution is -2.52. The van der Waals surface area contributed by atoms with E-state index in [1.807, 2.05) is 32.0 Å². The van der Waals surface area contributed by atoms with Crippen LogP contribution in [-0.2, 0) is 31.6 Å². The van der Waals surface area contributed by atoms with Crippen LogP contribution in [0.4, 0.5) is 5.69 Å². The Bertz CT molecular complexity index is 1360. The summed E-state index contributed by atoms with van der Waals surface area (Å²) in [4.78, 5) is 28.2. The summed E-state index contributed by atoms with van der Waals surface area (Å²) in [6, 6.07) is 14.0. The summed E-state index contributed by atoms with van der Waals surface area (Å²) in [5.74, 6) is 1.66. The standard InChI is InChI=1S/C32H42ClN3O4S/c1-21(2)34-31(38)22(3)35(19-23-6-5-7-28(33)15-23)30(37)20-36(41(4,39)40)29-10-8-27(9-11-29)32-16-24-12-25(17-32)14-26(13-24)18-32/h5-11,15,21-22,24-26H,12-14,16-20H2,1-4H3,(H,34,38)/t22-,24?,25?,26?,32?/m0/s1. The van der Waals surface area contributed by atoms with Crippen molar-refractivity contribution in [3.63, 3.8) is 0 Å². The van der Waals surface area contributed by atoms with Crippen molar-refractivity contribution in [2.75, 3.05) is 17.1 Å². The third-order valence-electron chi connectivity index (χ3n) is 9.33. The summed E-state index contributed by atoms with van der Waals surface area (Å²) in [6.45, 7) is 5.08. The molecule has 0 aliphatic heterocycles. The molecule has 0 heterocycles. The van der Waals surface area contributed by atoms with Crippen molar-refractivity contribution in [2.24, 2.45) is 17.8 Å². The van der Waals surface area contributed by atoms with Crippen molar-refractivity contribution in [2.45, 2.75) is 83.3 Å². The topological polar surface area (TPSA) is 86.8 Å². The predicted molar refractivity (Wildman–Crippen MR) is 163 cm³/mol. The van der Waals surface area contributed by atoms with Crippen LogP contribution in [0.3, 0.4) is 0 Å². The van der Waals surface area contributed by atoms with Gasteiger partial charge < -0.3 is 10.2 Å². The molecule has 4 bridgehead atoms. The summed E-state index contributed by atoms with van der Waals surface area (Å²) < 4.78 is 27.2. The van der Waals surface area contributed by atoms with Gasteiger partial charge in [0.15, 0.2) is 0 Å². The van der Waals surface area contributed by atoms with Crippen molar-refractivity contribution >= 4 is 39.1 Å². The van der Waals surface area contributed by atoms with Gasteiger partial charge in [0, 0.05) is 17.6 Å². The first-order valence-electron chi connectivity index (χ1n) is 14.8. The second-order valence-electron chi connectivity index (χ2n) is 13.0. The molecule has 4 aliphatic carbocycles. The van der Waals surface area contributed by atoms with Crippen LogP contribution >= 0.6 is 11.6 Å². The van der Waals surface area contributed by atoms with Crippen LogP contribution in [0.1, 0.15) is 70.4 Å². The molecule has 2 aromatic rings. The number of amides is 2. The van der Waals surface area contributed by atoms with E-state index >= 15 is 0 Å². The minimum atomic E-state index is -3.78. The normalized spacial score (nSPS) is 25.7. The third kappa shape index (κ3) is 6.59. The first-order chi connectivity index (χ1) is 19.3. The fourth-order valence-corrected chi connectivity index (χ4v) is 8.94. The Kier molecular flexibility index (Phi) is 8.46. The number of rotatable bonds is 10. The third-order valence-corrected chi connectivity index (χ3v) is 10.7. The molecule has 1 atom stereocenters. The van der Waals surface area contributed by atoms with Crippen LogP contribution in [0.15, 0.2) is 48.5 Å².